The van der Waals surface area contributed by atoms with E-state index >= 15 is 0 Å². The van der Waals surface area contributed by atoms with Crippen LogP contribution in [0.1, 0.15) is 83.5 Å². The topological polar surface area (TPSA) is 37.3 Å². The quantitative estimate of drug-likeness (QED) is 0.307. The van der Waals surface area contributed by atoms with Gasteiger partial charge in [-0.05, 0) is 32.1 Å². The molecule has 25 heavy (non-hydrogen) atoms. The molecule has 1 saturated carbocycles. The van der Waals surface area contributed by atoms with Crippen molar-refractivity contribution in [2.75, 3.05) is 0 Å². The highest BCUT2D eigenvalue weighted by molar-refractivity contribution is 9.13. The first-order valence-electron chi connectivity index (χ1n) is 9.71. The molecule has 1 fully saturated rings. The number of hydrogen-bond acceptors (Lipinski definition) is 1. The maximum atomic E-state index is 11.4. The fourth-order valence-electron chi connectivity index (χ4n) is 3.43. The number of rotatable bonds is 1. The highest BCUT2D eigenvalue weighted by atomic mass is 79.9. The number of aliphatic carboxylic acids is 1. The van der Waals surface area contributed by atoms with Crippen LogP contribution in [0.25, 0.3) is 0 Å². The first-order valence-corrected chi connectivity index (χ1v) is 13.4. The van der Waals surface area contributed by atoms with Crippen molar-refractivity contribution in [2.45, 2.75) is 103 Å². The monoisotopic (exact) mass is 608 g/mol. The number of halogens is 4. The summed E-state index contributed by atoms with van der Waals surface area (Å²) in [5.74, 6) is -0.734. The molecule has 1 N–H and O–H groups in total. The molecule has 0 saturated heterocycles. The van der Waals surface area contributed by atoms with Gasteiger partial charge in [-0.25, -0.2) is 0 Å². The van der Waals surface area contributed by atoms with E-state index in [0.29, 0.717) is 19.3 Å². The first kappa shape index (κ1) is 24.4. The van der Waals surface area contributed by atoms with Crippen LogP contribution in [0, 0.1) is 5.92 Å². The first-order chi connectivity index (χ1) is 11.9. The molecule has 0 heterocycles. The predicted molar refractivity (Wildman–Crippen MR) is 122 cm³/mol. The lowest BCUT2D eigenvalue weighted by Crippen LogP contribution is -2.23. The lowest BCUT2D eigenvalue weighted by atomic mass is 9.94. The minimum Gasteiger partial charge on any atom is -0.481 e. The lowest BCUT2D eigenvalue weighted by Gasteiger charge is -2.23. The van der Waals surface area contributed by atoms with Crippen molar-refractivity contribution in [2.24, 2.45) is 5.92 Å². The second-order valence-electron chi connectivity index (χ2n) is 7.32. The second kappa shape index (κ2) is 14.4. The molecule has 1 aliphatic carbocycles. The Bertz CT molecular complexity index is 367. The maximum Gasteiger partial charge on any atom is 0.306 e. The van der Waals surface area contributed by atoms with Gasteiger partial charge < -0.3 is 5.11 Å². The Morgan fingerprint density at radius 3 is 1.40 bits per heavy atom. The average molecular weight is 612 g/mol. The summed E-state index contributed by atoms with van der Waals surface area (Å²) in [5.41, 5.74) is 0. The van der Waals surface area contributed by atoms with Crippen molar-refractivity contribution < 1.29 is 9.90 Å². The van der Waals surface area contributed by atoms with Crippen LogP contribution >= 0.6 is 63.7 Å². The molecule has 148 valence electrons. The van der Waals surface area contributed by atoms with Crippen LogP contribution in [0.15, 0.2) is 0 Å². The summed E-state index contributed by atoms with van der Waals surface area (Å²) in [4.78, 5) is 13.4. The molecule has 6 heteroatoms. The molecule has 0 aromatic heterocycles. The van der Waals surface area contributed by atoms with Crippen LogP contribution in [0.5, 0.6) is 0 Å². The number of carbonyl (C=O) groups is 1. The maximum absolute atomic E-state index is 11.4. The van der Waals surface area contributed by atoms with Gasteiger partial charge in [-0.1, -0.05) is 115 Å². The fourth-order valence-corrected chi connectivity index (χ4v) is 6.35. The third-order valence-corrected chi connectivity index (χ3v) is 10.8. The molecule has 2 nitrogen and oxygen atoms in total. The Labute approximate surface area is 187 Å². The Morgan fingerprint density at radius 2 is 0.960 bits per heavy atom. The lowest BCUT2D eigenvalue weighted by molar-refractivity contribution is -0.142. The highest BCUT2D eigenvalue weighted by Crippen LogP contribution is 2.31. The van der Waals surface area contributed by atoms with Gasteiger partial charge >= 0.3 is 5.97 Å². The Hall–Kier alpha value is 1.39. The molecular formula is C19H32Br4O2. The zero-order valence-corrected chi connectivity index (χ0v) is 21.3. The van der Waals surface area contributed by atoms with E-state index in [4.69, 9.17) is 0 Å². The minimum absolute atomic E-state index is 0.136. The number of alkyl halides is 4. The number of carboxylic acids is 1. The van der Waals surface area contributed by atoms with E-state index in [-0.39, 0.29) is 5.92 Å². The Morgan fingerprint density at radius 1 is 0.600 bits per heavy atom. The van der Waals surface area contributed by atoms with E-state index < -0.39 is 5.97 Å². The molecule has 0 aromatic carbocycles. The summed E-state index contributed by atoms with van der Waals surface area (Å²) in [6.07, 6.45) is 14.4. The van der Waals surface area contributed by atoms with Gasteiger partial charge in [-0.3, -0.25) is 4.79 Å². The van der Waals surface area contributed by atoms with Crippen molar-refractivity contribution in [3.05, 3.63) is 0 Å². The SMILES string of the molecule is O=C(O)C1CCCCCCCC(Br)C(Br)CC(Br)C(Br)CCCCC1. The summed E-state index contributed by atoms with van der Waals surface area (Å²) in [6, 6.07) is 0. The van der Waals surface area contributed by atoms with Crippen molar-refractivity contribution in [1.29, 1.82) is 0 Å². The Kier molecular flexibility index (Phi) is 14.1. The standard InChI is InChI=1S/C19H32Br4O2/c20-15-11-7-3-1-2-5-9-14(19(24)25)10-6-4-8-12-16(21)18(23)13-17(15)22/h14-18H,1-13H2,(H,24,25). The van der Waals surface area contributed by atoms with Gasteiger partial charge in [0.25, 0.3) is 0 Å². The van der Waals surface area contributed by atoms with Crippen LogP contribution in [-0.4, -0.2) is 30.4 Å². The van der Waals surface area contributed by atoms with Crippen molar-refractivity contribution in [3.8, 4) is 0 Å². The van der Waals surface area contributed by atoms with E-state index in [9.17, 15) is 9.90 Å². The van der Waals surface area contributed by atoms with Crippen molar-refractivity contribution >= 4 is 69.7 Å². The molecular weight excluding hydrogens is 580 g/mol. The molecule has 0 aliphatic heterocycles. The minimum atomic E-state index is -0.598. The van der Waals surface area contributed by atoms with E-state index in [1.54, 1.807) is 0 Å². The van der Waals surface area contributed by atoms with Gasteiger partial charge in [0.15, 0.2) is 0 Å². The van der Waals surface area contributed by atoms with Gasteiger partial charge in [0.1, 0.15) is 0 Å². The number of hydrogen-bond donors (Lipinski definition) is 1. The van der Waals surface area contributed by atoms with E-state index in [1.165, 1.54) is 32.1 Å². The molecule has 0 spiro atoms. The molecule has 5 atom stereocenters. The summed E-state index contributed by atoms with van der Waals surface area (Å²) >= 11 is 15.4. The van der Waals surface area contributed by atoms with E-state index in [1.807, 2.05) is 0 Å². The van der Waals surface area contributed by atoms with Crippen LogP contribution in [0.4, 0.5) is 0 Å². The highest BCUT2D eigenvalue weighted by Gasteiger charge is 2.23. The number of carboxylic acid groups (broad SMARTS) is 1. The second-order valence-corrected chi connectivity index (χ2v) is 12.0. The zero-order valence-electron chi connectivity index (χ0n) is 14.9. The smallest absolute Gasteiger partial charge is 0.306 e. The van der Waals surface area contributed by atoms with Gasteiger partial charge in [0.2, 0.25) is 0 Å². The third-order valence-electron chi connectivity index (χ3n) is 5.15. The van der Waals surface area contributed by atoms with Crippen molar-refractivity contribution in [1.82, 2.24) is 0 Å². The van der Waals surface area contributed by atoms with E-state index in [2.05, 4.69) is 63.7 Å². The molecule has 1 aliphatic rings. The normalized spacial score (nSPS) is 35.4. The van der Waals surface area contributed by atoms with Crippen LogP contribution in [-0.2, 0) is 4.79 Å². The molecule has 0 amide bonds. The zero-order chi connectivity index (χ0) is 18.7. The van der Waals surface area contributed by atoms with Gasteiger partial charge in [-0.2, -0.15) is 0 Å². The predicted octanol–water partition coefficient (Wildman–Crippen LogP) is 7.83. The molecule has 0 aromatic rings. The fraction of sp³-hybridized carbons (Fsp3) is 0.947. The van der Waals surface area contributed by atoms with Gasteiger partial charge in [0.05, 0.1) is 5.92 Å². The summed E-state index contributed by atoms with van der Waals surface area (Å²) in [5, 5.41) is 9.40. The van der Waals surface area contributed by atoms with Crippen LogP contribution in [0.2, 0.25) is 0 Å². The van der Waals surface area contributed by atoms with Crippen LogP contribution in [0.3, 0.4) is 0 Å². The average Bonchev–Trinajstić information content (AvgIpc) is 2.56. The summed E-state index contributed by atoms with van der Waals surface area (Å²) < 4.78 is 0. The van der Waals surface area contributed by atoms with E-state index in [0.717, 1.165) is 51.4 Å². The van der Waals surface area contributed by atoms with Crippen LogP contribution < -0.4 is 0 Å². The summed E-state index contributed by atoms with van der Waals surface area (Å²) in [7, 11) is 0. The molecule has 5 unspecified atom stereocenters. The van der Waals surface area contributed by atoms with Gasteiger partial charge in [-0.15, -0.1) is 0 Å². The Balaban J connectivity index is 2.51. The van der Waals surface area contributed by atoms with Gasteiger partial charge in [0, 0.05) is 19.3 Å². The molecule has 0 radical (unpaired) electrons. The van der Waals surface area contributed by atoms with Crippen molar-refractivity contribution in [3.63, 3.8) is 0 Å². The summed E-state index contributed by atoms with van der Waals surface area (Å²) in [6.45, 7) is 0. The molecule has 0 bridgehead atoms. The molecule has 1 rings (SSSR count). The largest absolute Gasteiger partial charge is 0.481 e. The third kappa shape index (κ3) is 11.1.